The Bertz CT molecular complexity index is 419. The van der Waals surface area contributed by atoms with Crippen molar-refractivity contribution in [2.75, 3.05) is 25.6 Å². The van der Waals surface area contributed by atoms with Gasteiger partial charge in [-0.25, -0.2) is 4.98 Å². The minimum absolute atomic E-state index is 0.0903. The van der Waals surface area contributed by atoms with Crippen molar-refractivity contribution in [3.8, 4) is 0 Å². The van der Waals surface area contributed by atoms with Crippen LogP contribution in [0.15, 0.2) is 12.1 Å². The predicted molar refractivity (Wildman–Crippen MR) is 65.5 cm³/mol. The number of hydrogen-bond donors (Lipinski definition) is 2. The molecule has 2 rings (SSSR count). The van der Waals surface area contributed by atoms with Crippen molar-refractivity contribution in [3.05, 3.63) is 22.8 Å². The van der Waals surface area contributed by atoms with Crippen LogP contribution in [0.1, 0.15) is 16.8 Å². The molecule has 1 aromatic rings. The molecule has 1 atom stereocenters. The largest absolute Gasteiger partial charge is 0.379 e. The summed E-state index contributed by atoms with van der Waals surface area (Å²) in [5.41, 5.74) is 0.501. The number of amides is 1. The van der Waals surface area contributed by atoms with Crippen LogP contribution in [-0.2, 0) is 4.74 Å². The molecule has 1 aliphatic rings. The first-order valence-corrected chi connectivity index (χ1v) is 5.81. The second kappa shape index (κ2) is 5.33. The van der Waals surface area contributed by atoms with Gasteiger partial charge in [-0.3, -0.25) is 4.79 Å². The Labute approximate surface area is 105 Å². The van der Waals surface area contributed by atoms with Crippen molar-refractivity contribution in [1.82, 2.24) is 10.3 Å². The van der Waals surface area contributed by atoms with Crippen LogP contribution >= 0.6 is 11.6 Å². The number of carbonyl (C=O) groups is 1. The van der Waals surface area contributed by atoms with Crippen LogP contribution in [0, 0.1) is 0 Å². The number of nitrogens with zero attached hydrogens (tertiary/aromatic N) is 1. The van der Waals surface area contributed by atoms with Crippen LogP contribution in [-0.4, -0.2) is 37.2 Å². The Balaban J connectivity index is 2.09. The first kappa shape index (κ1) is 12.1. The highest BCUT2D eigenvalue weighted by Crippen LogP contribution is 2.14. The zero-order valence-electron chi connectivity index (χ0n) is 9.50. The van der Waals surface area contributed by atoms with E-state index < -0.39 is 0 Å². The lowest BCUT2D eigenvalue weighted by molar-refractivity contribution is 0.0930. The molecule has 2 N–H and O–H groups in total. The van der Waals surface area contributed by atoms with E-state index in [4.69, 9.17) is 16.3 Å². The summed E-state index contributed by atoms with van der Waals surface area (Å²) in [4.78, 5) is 16.0. The van der Waals surface area contributed by atoms with E-state index in [1.807, 2.05) is 0 Å². The van der Waals surface area contributed by atoms with E-state index in [-0.39, 0.29) is 11.9 Å². The summed E-state index contributed by atoms with van der Waals surface area (Å²) in [6.45, 7) is 1.27. The Morgan fingerprint density at radius 1 is 1.59 bits per heavy atom. The SMILES string of the molecule is CNc1cc(C(=O)NC2CCOC2)cc(Cl)n1. The normalized spacial score (nSPS) is 19.1. The maximum atomic E-state index is 11.9. The zero-order chi connectivity index (χ0) is 12.3. The number of carbonyl (C=O) groups excluding carboxylic acids is 1. The Morgan fingerprint density at radius 3 is 3.06 bits per heavy atom. The van der Waals surface area contributed by atoms with E-state index in [9.17, 15) is 4.79 Å². The maximum absolute atomic E-state index is 11.9. The van der Waals surface area contributed by atoms with Gasteiger partial charge in [0.2, 0.25) is 0 Å². The van der Waals surface area contributed by atoms with Crippen molar-refractivity contribution >= 4 is 23.3 Å². The smallest absolute Gasteiger partial charge is 0.251 e. The van der Waals surface area contributed by atoms with Crippen molar-refractivity contribution in [2.24, 2.45) is 0 Å². The summed E-state index contributed by atoms with van der Waals surface area (Å²) >= 11 is 5.83. The van der Waals surface area contributed by atoms with Crippen LogP contribution in [0.4, 0.5) is 5.82 Å². The second-order valence-corrected chi connectivity index (χ2v) is 4.24. The topological polar surface area (TPSA) is 63.2 Å². The van der Waals surface area contributed by atoms with Gasteiger partial charge in [0.25, 0.3) is 5.91 Å². The van der Waals surface area contributed by atoms with Crippen molar-refractivity contribution < 1.29 is 9.53 Å². The van der Waals surface area contributed by atoms with Gasteiger partial charge in [0.1, 0.15) is 11.0 Å². The third-order valence-electron chi connectivity index (χ3n) is 2.58. The molecule has 1 saturated heterocycles. The Kier molecular flexibility index (Phi) is 3.81. The lowest BCUT2D eigenvalue weighted by Crippen LogP contribution is -2.35. The fourth-order valence-corrected chi connectivity index (χ4v) is 1.88. The van der Waals surface area contributed by atoms with Crippen molar-refractivity contribution in [3.63, 3.8) is 0 Å². The summed E-state index contributed by atoms with van der Waals surface area (Å²) < 4.78 is 5.20. The van der Waals surface area contributed by atoms with Gasteiger partial charge < -0.3 is 15.4 Å². The lowest BCUT2D eigenvalue weighted by atomic mass is 10.2. The van der Waals surface area contributed by atoms with Crippen molar-refractivity contribution in [1.29, 1.82) is 0 Å². The predicted octanol–water partition coefficient (Wildman–Crippen LogP) is 1.30. The van der Waals surface area contributed by atoms with Gasteiger partial charge >= 0.3 is 0 Å². The van der Waals surface area contributed by atoms with E-state index in [1.165, 1.54) is 0 Å². The molecular formula is C11H14ClN3O2. The quantitative estimate of drug-likeness (QED) is 0.799. The molecular weight excluding hydrogens is 242 g/mol. The van der Waals surface area contributed by atoms with Gasteiger partial charge in [-0.05, 0) is 18.6 Å². The number of ether oxygens (including phenoxy) is 1. The zero-order valence-corrected chi connectivity index (χ0v) is 10.3. The number of halogens is 1. The fourth-order valence-electron chi connectivity index (χ4n) is 1.67. The van der Waals surface area contributed by atoms with Gasteiger partial charge in [0, 0.05) is 19.2 Å². The molecule has 1 fully saturated rings. The minimum atomic E-state index is -0.152. The summed E-state index contributed by atoms with van der Waals surface area (Å²) in [6.07, 6.45) is 0.851. The van der Waals surface area contributed by atoms with Crippen LogP contribution in [0.3, 0.4) is 0 Å². The first-order chi connectivity index (χ1) is 8.19. The minimum Gasteiger partial charge on any atom is -0.379 e. The first-order valence-electron chi connectivity index (χ1n) is 5.43. The number of rotatable bonds is 3. The molecule has 0 radical (unpaired) electrons. The molecule has 17 heavy (non-hydrogen) atoms. The van der Waals surface area contributed by atoms with Crippen molar-refractivity contribution in [2.45, 2.75) is 12.5 Å². The van der Waals surface area contributed by atoms with Gasteiger partial charge in [0.15, 0.2) is 0 Å². The number of pyridine rings is 1. The maximum Gasteiger partial charge on any atom is 0.251 e. The lowest BCUT2D eigenvalue weighted by Gasteiger charge is -2.11. The van der Waals surface area contributed by atoms with Crippen LogP contribution in [0.5, 0.6) is 0 Å². The molecule has 0 aromatic carbocycles. The molecule has 6 heteroatoms. The molecule has 5 nitrogen and oxygen atoms in total. The summed E-state index contributed by atoms with van der Waals surface area (Å²) in [6, 6.07) is 3.30. The van der Waals surface area contributed by atoms with E-state index in [0.29, 0.717) is 29.7 Å². The second-order valence-electron chi connectivity index (χ2n) is 3.85. The Morgan fingerprint density at radius 2 is 2.41 bits per heavy atom. The monoisotopic (exact) mass is 255 g/mol. The highest BCUT2D eigenvalue weighted by Gasteiger charge is 2.19. The van der Waals surface area contributed by atoms with E-state index >= 15 is 0 Å². The standard InChI is InChI=1S/C11H14ClN3O2/c1-13-10-5-7(4-9(12)15-10)11(16)14-8-2-3-17-6-8/h4-5,8H,2-3,6H2,1H3,(H,13,15)(H,14,16). The molecule has 1 aromatic heterocycles. The average Bonchev–Trinajstić information content (AvgIpc) is 2.81. The van der Waals surface area contributed by atoms with E-state index in [1.54, 1.807) is 19.2 Å². The van der Waals surface area contributed by atoms with Gasteiger partial charge in [-0.15, -0.1) is 0 Å². The third-order valence-corrected chi connectivity index (χ3v) is 2.77. The van der Waals surface area contributed by atoms with Crippen LogP contribution < -0.4 is 10.6 Å². The molecule has 1 amide bonds. The fraction of sp³-hybridized carbons (Fsp3) is 0.455. The van der Waals surface area contributed by atoms with Crippen LogP contribution in [0.2, 0.25) is 5.15 Å². The molecule has 0 saturated carbocycles. The highest BCUT2D eigenvalue weighted by atomic mass is 35.5. The van der Waals surface area contributed by atoms with Crippen LogP contribution in [0.25, 0.3) is 0 Å². The molecule has 0 aliphatic carbocycles. The molecule has 92 valence electrons. The molecule has 1 aliphatic heterocycles. The Hall–Kier alpha value is -1.33. The average molecular weight is 256 g/mol. The summed E-state index contributed by atoms with van der Waals surface area (Å²) in [5, 5.41) is 6.05. The molecule has 2 heterocycles. The van der Waals surface area contributed by atoms with E-state index in [2.05, 4.69) is 15.6 Å². The number of hydrogen-bond acceptors (Lipinski definition) is 4. The third kappa shape index (κ3) is 3.08. The number of nitrogens with one attached hydrogen (secondary N) is 2. The highest BCUT2D eigenvalue weighted by molar-refractivity contribution is 6.29. The summed E-state index contributed by atoms with van der Waals surface area (Å²) in [7, 11) is 1.73. The molecule has 0 spiro atoms. The number of aromatic nitrogens is 1. The summed E-state index contributed by atoms with van der Waals surface area (Å²) in [5.74, 6) is 0.423. The van der Waals surface area contributed by atoms with Gasteiger partial charge in [0.05, 0.1) is 12.6 Å². The molecule has 1 unspecified atom stereocenters. The number of anilines is 1. The van der Waals surface area contributed by atoms with E-state index in [0.717, 1.165) is 6.42 Å². The van der Waals surface area contributed by atoms with Gasteiger partial charge in [-0.1, -0.05) is 11.6 Å². The van der Waals surface area contributed by atoms with Gasteiger partial charge in [-0.2, -0.15) is 0 Å². The molecule has 0 bridgehead atoms.